The van der Waals surface area contributed by atoms with Gasteiger partial charge in [0.05, 0.1) is 5.60 Å². The number of aromatic nitrogens is 2. The topological polar surface area (TPSA) is 58.0 Å². The maximum atomic E-state index is 10.4. The molecule has 1 aromatic carbocycles. The zero-order valence-corrected chi connectivity index (χ0v) is 11.4. The Hall–Kier alpha value is -1.46. The summed E-state index contributed by atoms with van der Waals surface area (Å²) in [4.78, 5) is 4.22. The zero-order chi connectivity index (χ0) is 13.0. The van der Waals surface area contributed by atoms with E-state index in [1.165, 1.54) is 11.5 Å². The first-order valence-corrected chi connectivity index (χ1v) is 6.67. The number of nitrogens with zero attached hydrogens (tertiary/aromatic N) is 2. The number of anilines is 1. The Bertz CT molecular complexity index is 496. The number of rotatable bonds is 5. The van der Waals surface area contributed by atoms with Crippen molar-refractivity contribution in [3.63, 3.8) is 0 Å². The lowest BCUT2D eigenvalue weighted by atomic mass is 9.93. The van der Waals surface area contributed by atoms with Crippen LogP contribution in [0.5, 0.6) is 0 Å². The molecule has 0 amide bonds. The number of aryl methyl sites for hydroxylation is 1. The van der Waals surface area contributed by atoms with Crippen molar-refractivity contribution in [2.45, 2.75) is 25.9 Å². The summed E-state index contributed by atoms with van der Waals surface area (Å²) in [5.41, 5.74) is 0.105. The first-order chi connectivity index (χ1) is 8.58. The minimum atomic E-state index is -0.825. The number of hydrogen-bond acceptors (Lipinski definition) is 5. The van der Waals surface area contributed by atoms with Crippen LogP contribution >= 0.6 is 11.5 Å². The minimum Gasteiger partial charge on any atom is -0.385 e. The Morgan fingerprint density at radius 2 is 2.06 bits per heavy atom. The fourth-order valence-corrected chi connectivity index (χ4v) is 2.32. The van der Waals surface area contributed by atoms with Crippen LogP contribution < -0.4 is 5.32 Å². The summed E-state index contributed by atoms with van der Waals surface area (Å²) >= 11 is 1.34. The Morgan fingerprint density at radius 3 is 2.67 bits per heavy atom. The third kappa shape index (κ3) is 3.27. The first-order valence-electron chi connectivity index (χ1n) is 5.90. The third-order valence-electron chi connectivity index (χ3n) is 2.81. The van der Waals surface area contributed by atoms with Gasteiger partial charge in [-0.05, 0) is 25.8 Å². The molecule has 0 bridgehead atoms. The second kappa shape index (κ2) is 5.46. The molecule has 0 saturated heterocycles. The molecule has 0 radical (unpaired) electrons. The van der Waals surface area contributed by atoms with Gasteiger partial charge < -0.3 is 10.4 Å². The highest BCUT2D eigenvalue weighted by Gasteiger charge is 2.22. The van der Waals surface area contributed by atoms with Gasteiger partial charge in [-0.1, -0.05) is 30.3 Å². The molecule has 2 aromatic rings. The van der Waals surface area contributed by atoms with Crippen LogP contribution in [0.4, 0.5) is 5.13 Å². The molecule has 1 aromatic heterocycles. The van der Waals surface area contributed by atoms with Crippen LogP contribution in [0.15, 0.2) is 30.3 Å². The van der Waals surface area contributed by atoms with Gasteiger partial charge in [-0.25, -0.2) is 4.98 Å². The van der Waals surface area contributed by atoms with Crippen LogP contribution in [0.25, 0.3) is 0 Å². The van der Waals surface area contributed by atoms with Crippen molar-refractivity contribution in [3.8, 4) is 0 Å². The summed E-state index contributed by atoms with van der Waals surface area (Å²) in [5, 5.41) is 14.4. The molecule has 1 atom stereocenters. The highest BCUT2D eigenvalue weighted by molar-refractivity contribution is 7.09. The molecule has 0 aliphatic heterocycles. The van der Waals surface area contributed by atoms with Crippen LogP contribution in [-0.4, -0.2) is 21.0 Å². The summed E-state index contributed by atoms with van der Waals surface area (Å²) < 4.78 is 4.10. The van der Waals surface area contributed by atoms with Crippen LogP contribution in [0.3, 0.4) is 0 Å². The SMILES string of the molecule is Cc1nsc(NCCC(C)(O)c2ccccc2)n1. The van der Waals surface area contributed by atoms with Gasteiger partial charge in [-0.3, -0.25) is 0 Å². The van der Waals surface area contributed by atoms with Gasteiger partial charge in [-0.15, -0.1) is 0 Å². The number of aliphatic hydroxyl groups is 1. The summed E-state index contributed by atoms with van der Waals surface area (Å²) in [6.45, 7) is 4.35. The molecule has 0 spiro atoms. The average Bonchev–Trinajstić information content (AvgIpc) is 2.76. The quantitative estimate of drug-likeness (QED) is 0.870. The number of hydrogen-bond donors (Lipinski definition) is 2. The summed E-state index contributed by atoms with van der Waals surface area (Å²) in [6.07, 6.45) is 0.621. The van der Waals surface area contributed by atoms with E-state index >= 15 is 0 Å². The fourth-order valence-electron chi connectivity index (χ4n) is 1.72. The fraction of sp³-hybridized carbons (Fsp3) is 0.385. The second-order valence-corrected chi connectivity index (χ2v) is 5.22. The number of benzene rings is 1. The first kappa shape index (κ1) is 13.0. The Morgan fingerprint density at radius 1 is 1.33 bits per heavy atom. The van der Waals surface area contributed by atoms with E-state index in [-0.39, 0.29) is 0 Å². The molecule has 5 heteroatoms. The molecule has 0 aliphatic carbocycles. The molecule has 0 fully saturated rings. The van der Waals surface area contributed by atoms with Crippen molar-refractivity contribution in [3.05, 3.63) is 41.7 Å². The molecular weight excluding hydrogens is 246 g/mol. The lowest BCUT2D eigenvalue weighted by Crippen LogP contribution is -2.24. The molecule has 1 unspecified atom stereocenters. The Kier molecular flexibility index (Phi) is 3.93. The Balaban J connectivity index is 1.89. The molecule has 4 nitrogen and oxygen atoms in total. The van der Waals surface area contributed by atoms with E-state index in [1.54, 1.807) is 0 Å². The molecule has 96 valence electrons. The molecule has 2 N–H and O–H groups in total. The third-order valence-corrected chi connectivity index (χ3v) is 3.58. The van der Waals surface area contributed by atoms with Gasteiger partial charge in [0.1, 0.15) is 5.82 Å². The molecule has 1 heterocycles. The van der Waals surface area contributed by atoms with Gasteiger partial charge in [0.2, 0.25) is 5.13 Å². The smallest absolute Gasteiger partial charge is 0.202 e. The standard InChI is InChI=1S/C13H17N3OS/c1-10-15-12(18-16-10)14-9-8-13(2,17)11-6-4-3-5-7-11/h3-7,17H,8-9H2,1-2H3,(H,14,15,16). The molecular formula is C13H17N3OS. The van der Waals surface area contributed by atoms with Crippen molar-refractivity contribution in [1.82, 2.24) is 9.36 Å². The minimum absolute atomic E-state index is 0.621. The van der Waals surface area contributed by atoms with Gasteiger partial charge in [0, 0.05) is 18.1 Å². The zero-order valence-electron chi connectivity index (χ0n) is 10.6. The highest BCUT2D eigenvalue weighted by atomic mass is 32.1. The molecule has 18 heavy (non-hydrogen) atoms. The van der Waals surface area contributed by atoms with Gasteiger partial charge >= 0.3 is 0 Å². The van der Waals surface area contributed by atoms with Crippen molar-refractivity contribution in [1.29, 1.82) is 0 Å². The predicted molar refractivity (Wildman–Crippen MR) is 73.8 cm³/mol. The van der Waals surface area contributed by atoms with Crippen molar-refractivity contribution in [2.24, 2.45) is 0 Å². The van der Waals surface area contributed by atoms with Crippen molar-refractivity contribution in [2.75, 3.05) is 11.9 Å². The maximum Gasteiger partial charge on any atom is 0.202 e. The van der Waals surface area contributed by atoms with Crippen molar-refractivity contribution < 1.29 is 5.11 Å². The second-order valence-electron chi connectivity index (χ2n) is 4.46. The van der Waals surface area contributed by atoms with E-state index in [0.29, 0.717) is 13.0 Å². The van der Waals surface area contributed by atoms with Crippen LogP contribution in [0, 0.1) is 6.92 Å². The largest absolute Gasteiger partial charge is 0.385 e. The molecule has 2 rings (SSSR count). The number of nitrogens with one attached hydrogen (secondary N) is 1. The predicted octanol–water partition coefficient (Wildman–Crippen LogP) is 2.56. The lowest BCUT2D eigenvalue weighted by Gasteiger charge is -2.23. The summed E-state index contributed by atoms with van der Waals surface area (Å²) in [6, 6.07) is 9.70. The normalized spacial score (nSPS) is 14.2. The molecule has 0 aliphatic rings. The van der Waals surface area contributed by atoms with Crippen LogP contribution in [-0.2, 0) is 5.60 Å². The van der Waals surface area contributed by atoms with Gasteiger partial charge in [0.15, 0.2) is 0 Å². The molecule has 0 saturated carbocycles. The summed E-state index contributed by atoms with van der Waals surface area (Å²) in [7, 11) is 0. The lowest BCUT2D eigenvalue weighted by molar-refractivity contribution is 0.0515. The van der Waals surface area contributed by atoms with E-state index in [0.717, 1.165) is 16.5 Å². The van der Waals surface area contributed by atoms with Gasteiger partial charge in [0.25, 0.3) is 0 Å². The van der Waals surface area contributed by atoms with Crippen LogP contribution in [0.1, 0.15) is 24.7 Å². The van der Waals surface area contributed by atoms with E-state index in [9.17, 15) is 5.11 Å². The van der Waals surface area contributed by atoms with E-state index in [4.69, 9.17) is 0 Å². The van der Waals surface area contributed by atoms with Crippen LogP contribution in [0.2, 0.25) is 0 Å². The van der Waals surface area contributed by atoms with Gasteiger partial charge in [-0.2, -0.15) is 4.37 Å². The highest BCUT2D eigenvalue weighted by Crippen LogP contribution is 2.24. The summed E-state index contributed by atoms with van der Waals surface area (Å²) in [5.74, 6) is 0.775. The van der Waals surface area contributed by atoms with E-state index < -0.39 is 5.60 Å². The average molecular weight is 263 g/mol. The monoisotopic (exact) mass is 263 g/mol. The Labute approximate surface area is 111 Å². The van der Waals surface area contributed by atoms with Crippen molar-refractivity contribution >= 4 is 16.7 Å². The maximum absolute atomic E-state index is 10.4. The van der Waals surface area contributed by atoms with E-state index in [1.807, 2.05) is 44.2 Å². The van der Waals surface area contributed by atoms with E-state index in [2.05, 4.69) is 14.7 Å².